The first-order chi connectivity index (χ1) is 27.3. The van der Waals surface area contributed by atoms with E-state index in [1.807, 2.05) is 24.3 Å². The Kier molecular flexibility index (Phi) is 8.22. The molecule has 1 heterocycles. The lowest BCUT2D eigenvalue weighted by atomic mass is 9.66. The minimum absolute atomic E-state index is 0.380. The Bertz CT molecular complexity index is 2610. The van der Waals surface area contributed by atoms with Crippen LogP contribution < -0.4 is 0 Å². The lowest BCUT2D eigenvalue weighted by molar-refractivity contribution is 0.757. The van der Waals surface area contributed by atoms with Gasteiger partial charge < -0.3 is 0 Å². The van der Waals surface area contributed by atoms with Gasteiger partial charge in [-0.3, -0.25) is 0 Å². The lowest BCUT2D eigenvalue weighted by Gasteiger charge is -2.35. The summed E-state index contributed by atoms with van der Waals surface area (Å²) in [6, 6.07) is 69.7. The van der Waals surface area contributed by atoms with Crippen LogP contribution in [0.15, 0.2) is 212 Å². The number of hydrogen-bond acceptors (Lipinski definition) is 2. The predicted octanol–water partition coefficient (Wildman–Crippen LogP) is 13.3. The summed E-state index contributed by atoms with van der Waals surface area (Å²) < 4.78 is 0. The van der Waals surface area contributed by atoms with Gasteiger partial charge in [-0.25, -0.2) is 9.97 Å². The zero-order valence-corrected chi connectivity index (χ0v) is 30.4. The second-order valence-corrected chi connectivity index (χ2v) is 14.4. The van der Waals surface area contributed by atoms with E-state index in [1.165, 1.54) is 50.1 Å². The molecule has 0 spiro atoms. The van der Waals surface area contributed by atoms with Gasteiger partial charge in [-0.05, 0) is 86.7 Å². The third-order valence-electron chi connectivity index (χ3n) is 11.3. The molecule has 0 aliphatic heterocycles. The molecule has 2 aliphatic rings. The summed E-state index contributed by atoms with van der Waals surface area (Å²) in [6.07, 6.45) is 6.88. The second-order valence-electron chi connectivity index (χ2n) is 14.4. The molecule has 2 aliphatic carbocycles. The third kappa shape index (κ3) is 5.75. The molecule has 55 heavy (non-hydrogen) atoms. The number of rotatable bonds is 7. The molecule has 0 atom stereocenters. The summed E-state index contributed by atoms with van der Waals surface area (Å²) in [5.41, 5.74) is 17.6. The number of nitrogens with zero attached hydrogens (tertiary/aromatic N) is 2. The molecule has 0 amide bonds. The van der Waals surface area contributed by atoms with Crippen LogP contribution in [0.5, 0.6) is 0 Å². The molecular weight excluding hydrogens is 665 g/mol. The average Bonchev–Trinajstić information content (AvgIpc) is 3.58. The van der Waals surface area contributed by atoms with Crippen molar-refractivity contribution in [3.8, 4) is 56.2 Å². The minimum atomic E-state index is -0.380. The van der Waals surface area contributed by atoms with E-state index >= 15 is 0 Å². The predicted molar refractivity (Wildman–Crippen MR) is 227 cm³/mol. The van der Waals surface area contributed by atoms with Crippen LogP contribution in [-0.2, 0) is 5.41 Å². The summed E-state index contributed by atoms with van der Waals surface area (Å²) in [4.78, 5) is 10.0. The van der Waals surface area contributed by atoms with Gasteiger partial charge >= 0.3 is 0 Å². The molecule has 10 rings (SSSR count). The van der Waals surface area contributed by atoms with Gasteiger partial charge in [-0.1, -0.05) is 188 Å². The van der Waals surface area contributed by atoms with Crippen LogP contribution in [0.2, 0.25) is 0 Å². The Labute approximate surface area is 322 Å². The molecular formula is C53H38N2. The van der Waals surface area contributed by atoms with E-state index in [0.717, 1.165) is 52.3 Å². The zero-order valence-electron chi connectivity index (χ0n) is 30.4. The van der Waals surface area contributed by atoms with Crippen molar-refractivity contribution in [2.24, 2.45) is 0 Å². The minimum Gasteiger partial charge on any atom is -0.228 e. The van der Waals surface area contributed by atoms with E-state index in [4.69, 9.17) is 9.97 Å². The summed E-state index contributed by atoms with van der Waals surface area (Å²) in [5.74, 6) is 0.721. The standard InChI is InChI=1S/C53H38N2/c1-5-16-38(17-6-1)50-36-51(55-52(54-50)40-18-7-2-8-19-40)39-30-28-37(29-31-39)41-20-15-21-42(34-41)43-32-33-47-46-26-13-14-27-48(46)53(49(47)35-43,44-22-9-3-10-23-44)45-24-11-4-12-25-45/h1-12,14-25,27-36H,13,26H2. The fourth-order valence-electron chi connectivity index (χ4n) is 8.68. The fourth-order valence-corrected chi connectivity index (χ4v) is 8.68. The maximum atomic E-state index is 5.05. The monoisotopic (exact) mass is 702 g/mol. The molecule has 2 heteroatoms. The molecule has 0 fully saturated rings. The van der Waals surface area contributed by atoms with Crippen LogP contribution in [0.25, 0.3) is 61.7 Å². The number of aromatic nitrogens is 2. The Morgan fingerprint density at radius 3 is 1.53 bits per heavy atom. The molecule has 0 bridgehead atoms. The number of fused-ring (bicyclic) bond motifs is 2. The molecule has 0 saturated carbocycles. The van der Waals surface area contributed by atoms with Crippen LogP contribution in [0.1, 0.15) is 35.1 Å². The smallest absolute Gasteiger partial charge is 0.160 e. The highest BCUT2D eigenvalue weighted by molar-refractivity contribution is 5.90. The lowest BCUT2D eigenvalue weighted by Crippen LogP contribution is -2.29. The summed E-state index contributed by atoms with van der Waals surface area (Å²) >= 11 is 0. The fraction of sp³-hybridized carbons (Fsp3) is 0.0566. The van der Waals surface area contributed by atoms with Crippen molar-refractivity contribution in [1.82, 2.24) is 9.97 Å². The highest BCUT2D eigenvalue weighted by Crippen LogP contribution is 2.57. The van der Waals surface area contributed by atoms with Crippen LogP contribution in [0.4, 0.5) is 0 Å². The van der Waals surface area contributed by atoms with Gasteiger partial charge in [0.1, 0.15) is 0 Å². The maximum absolute atomic E-state index is 5.05. The largest absolute Gasteiger partial charge is 0.228 e. The van der Waals surface area contributed by atoms with Crippen molar-refractivity contribution in [3.05, 3.63) is 234 Å². The van der Waals surface area contributed by atoms with Crippen molar-refractivity contribution >= 4 is 5.57 Å². The Morgan fingerprint density at radius 2 is 0.891 bits per heavy atom. The molecule has 2 nitrogen and oxygen atoms in total. The third-order valence-corrected chi connectivity index (χ3v) is 11.3. The summed E-state index contributed by atoms with van der Waals surface area (Å²) in [6.45, 7) is 0. The van der Waals surface area contributed by atoms with Gasteiger partial charge in [0.2, 0.25) is 0 Å². The normalized spacial score (nSPS) is 14.0. The highest BCUT2D eigenvalue weighted by Gasteiger charge is 2.47. The van der Waals surface area contributed by atoms with Gasteiger partial charge in [0.05, 0.1) is 16.8 Å². The quantitative estimate of drug-likeness (QED) is 0.165. The topological polar surface area (TPSA) is 25.8 Å². The molecule has 0 radical (unpaired) electrons. The van der Waals surface area contributed by atoms with Crippen molar-refractivity contribution < 1.29 is 0 Å². The van der Waals surface area contributed by atoms with Gasteiger partial charge in [-0.2, -0.15) is 0 Å². The van der Waals surface area contributed by atoms with Crippen molar-refractivity contribution in [2.45, 2.75) is 18.3 Å². The maximum Gasteiger partial charge on any atom is 0.160 e. The van der Waals surface area contributed by atoms with Crippen LogP contribution in [-0.4, -0.2) is 9.97 Å². The summed E-state index contributed by atoms with van der Waals surface area (Å²) in [5, 5.41) is 0. The first-order valence-electron chi connectivity index (χ1n) is 19.1. The van der Waals surface area contributed by atoms with Crippen molar-refractivity contribution in [3.63, 3.8) is 0 Å². The van der Waals surface area contributed by atoms with Crippen LogP contribution >= 0.6 is 0 Å². The van der Waals surface area contributed by atoms with Gasteiger partial charge in [0.15, 0.2) is 5.82 Å². The molecule has 8 aromatic rings. The molecule has 0 unspecified atom stereocenters. The summed E-state index contributed by atoms with van der Waals surface area (Å²) in [7, 11) is 0. The average molecular weight is 703 g/mol. The highest BCUT2D eigenvalue weighted by atomic mass is 14.9. The van der Waals surface area contributed by atoms with Crippen molar-refractivity contribution in [2.75, 3.05) is 0 Å². The van der Waals surface area contributed by atoms with E-state index in [0.29, 0.717) is 0 Å². The number of benzene rings is 7. The first kappa shape index (κ1) is 32.7. The second kappa shape index (κ2) is 13.8. The van der Waals surface area contributed by atoms with E-state index < -0.39 is 0 Å². The van der Waals surface area contributed by atoms with E-state index in [1.54, 1.807) is 0 Å². The molecule has 1 aromatic heterocycles. The van der Waals surface area contributed by atoms with Crippen LogP contribution in [0.3, 0.4) is 0 Å². The van der Waals surface area contributed by atoms with Gasteiger partial charge in [-0.15, -0.1) is 0 Å². The molecule has 0 N–H and O–H groups in total. The van der Waals surface area contributed by atoms with E-state index in [9.17, 15) is 0 Å². The Morgan fingerprint density at radius 1 is 0.400 bits per heavy atom. The Balaban J connectivity index is 1.03. The van der Waals surface area contributed by atoms with Gasteiger partial charge in [0.25, 0.3) is 0 Å². The molecule has 0 saturated heterocycles. The van der Waals surface area contributed by atoms with Crippen molar-refractivity contribution in [1.29, 1.82) is 0 Å². The Hall–Kier alpha value is -6.90. The van der Waals surface area contributed by atoms with E-state index in [-0.39, 0.29) is 5.41 Å². The van der Waals surface area contributed by atoms with E-state index in [2.05, 4.69) is 182 Å². The van der Waals surface area contributed by atoms with Gasteiger partial charge in [0, 0.05) is 16.7 Å². The SMILES string of the molecule is C1=CC2=C(CC1)c1ccc(-c3cccc(-c4ccc(-c5cc(-c6ccccc6)nc(-c6ccccc6)n5)cc4)c3)cc1C2(c1ccccc1)c1ccccc1. The molecule has 7 aromatic carbocycles. The first-order valence-corrected chi connectivity index (χ1v) is 19.1. The molecule has 260 valence electrons. The number of hydrogen-bond donors (Lipinski definition) is 0. The zero-order chi connectivity index (χ0) is 36.6. The van der Waals surface area contributed by atoms with Crippen LogP contribution in [0, 0.1) is 0 Å². The number of allylic oxidation sites excluding steroid dienone is 4.